The smallest absolute Gasteiger partial charge is 0.269 e. The Kier molecular flexibility index (Phi) is 7.06. The first kappa shape index (κ1) is 25.3. The first-order chi connectivity index (χ1) is 18.3. The number of non-ortho nitro benzene ring substituents is 1. The highest BCUT2D eigenvalue weighted by Crippen LogP contribution is 2.42. The summed E-state index contributed by atoms with van der Waals surface area (Å²) in [7, 11) is 3.33. The van der Waals surface area contributed by atoms with Gasteiger partial charge in [-0.05, 0) is 54.1 Å². The van der Waals surface area contributed by atoms with Crippen molar-refractivity contribution in [3.8, 4) is 5.75 Å². The van der Waals surface area contributed by atoms with Crippen LogP contribution in [0.4, 0.5) is 17.1 Å². The zero-order valence-corrected chi connectivity index (χ0v) is 21.8. The van der Waals surface area contributed by atoms with Crippen LogP contribution in [0.2, 0.25) is 0 Å². The molecular weight excluding hydrogens is 504 g/mol. The van der Waals surface area contributed by atoms with Crippen LogP contribution in [0.15, 0.2) is 76.5 Å². The molecule has 1 fully saturated rings. The number of hydrogen-bond donors (Lipinski definition) is 0. The van der Waals surface area contributed by atoms with Gasteiger partial charge in [0, 0.05) is 61.5 Å². The monoisotopic (exact) mass is 530 g/mol. The SMILES string of the molecule is COc1cccc(/C=C2\Sc3ccc(C(=O)N4CCN(c5ccc([N+](=O)[O-])cc5)CC4)cc3N(C)C2=O)c1. The molecule has 2 heterocycles. The first-order valence-corrected chi connectivity index (χ1v) is 12.9. The fourth-order valence-corrected chi connectivity index (χ4v) is 5.64. The Morgan fingerprint density at radius 1 is 1.03 bits per heavy atom. The summed E-state index contributed by atoms with van der Waals surface area (Å²) in [6.45, 7) is 2.32. The number of benzene rings is 3. The number of nitro benzene ring substituents is 1. The molecule has 1 saturated heterocycles. The predicted molar refractivity (Wildman–Crippen MR) is 148 cm³/mol. The van der Waals surface area contributed by atoms with Gasteiger partial charge in [-0.1, -0.05) is 23.9 Å². The lowest BCUT2D eigenvalue weighted by Gasteiger charge is -2.36. The first-order valence-electron chi connectivity index (χ1n) is 12.1. The summed E-state index contributed by atoms with van der Waals surface area (Å²) in [5, 5.41) is 10.9. The average molecular weight is 531 g/mol. The second-order valence-electron chi connectivity index (χ2n) is 8.99. The number of methoxy groups -OCH3 is 1. The van der Waals surface area contributed by atoms with Crippen LogP contribution in [0.3, 0.4) is 0 Å². The Morgan fingerprint density at radius 3 is 2.45 bits per heavy atom. The number of anilines is 2. The second kappa shape index (κ2) is 10.6. The van der Waals surface area contributed by atoms with Gasteiger partial charge in [0.05, 0.1) is 22.6 Å². The van der Waals surface area contributed by atoms with Gasteiger partial charge in [0.25, 0.3) is 17.5 Å². The largest absolute Gasteiger partial charge is 0.497 e. The molecule has 2 amide bonds. The molecule has 0 aromatic heterocycles. The third-order valence-electron chi connectivity index (χ3n) is 6.69. The lowest BCUT2D eigenvalue weighted by Crippen LogP contribution is -2.48. The number of nitro groups is 1. The van der Waals surface area contributed by atoms with E-state index in [4.69, 9.17) is 4.74 Å². The Bertz CT molecular complexity index is 1430. The number of nitrogens with zero attached hydrogens (tertiary/aromatic N) is 4. The highest BCUT2D eigenvalue weighted by atomic mass is 32.2. The number of rotatable bonds is 5. The van der Waals surface area contributed by atoms with E-state index in [1.807, 2.05) is 42.5 Å². The van der Waals surface area contributed by atoms with Crippen LogP contribution >= 0.6 is 11.8 Å². The molecule has 0 saturated carbocycles. The minimum Gasteiger partial charge on any atom is -0.497 e. The van der Waals surface area contributed by atoms with Gasteiger partial charge >= 0.3 is 0 Å². The van der Waals surface area contributed by atoms with Gasteiger partial charge in [0.2, 0.25) is 0 Å². The summed E-state index contributed by atoms with van der Waals surface area (Å²) in [5.74, 6) is 0.504. The lowest BCUT2D eigenvalue weighted by atomic mass is 10.1. The van der Waals surface area contributed by atoms with Crippen LogP contribution < -0.4 is 14.5 Å². The quantitative estimate of drug-likeness (QED) is 0.269. The Morgan fingerprint density at radius 2 is 1.76 bits per heavy atom. The summed E-state index contributed by atoms with van der Waals surface area (Å²) in [5.41, 5.74) is 3.06. The van der Waals surface area contributed by atoms with Crippen molar-refractivity contribution in [2.75, 3.05) is 50.1 Å². The maximum absolute atomic E-state index is 13.3. The second-order valence-corrected chi connectivity index (χ2v) is 10.1. The van der Waals surface area contributed by atoms with Crippen molar-refractivity contribution in [2.24, 2.45) is 0 Å². The number of ether oxygens (including phenoxy) is 1. The summed E-state index contributed by atoms with van der Waals surface area (Å²) in [6, 6.07) is 19.5. The van der Waals surface area contributed by atoms with E-state index in [-0.39, 0.29) is 17.5 Å². The van der Waals surface area contributed by atoms with Gasteiger partial charge in [-0.3, -0.25) is 19.7 Å². The van der Waals surface area contributed by atoms with Crippen LogP contribution in [0, 0.1) is 10.1 Å². The number of piperazine rings is 1. The molecular formula is C28H26N4O5S. The molecule has 0 atom stereocenters. The van der Waals surface area contributed by atoms with Crippen LogP contribution in [-0.4, -0.2) is 62.0 Å². The summed E-state index contributed by atoms with van der Waals surface area (Å²) in [4.78, 5) is 43.9. The lowest BCUT2D eigenvalue weighted by molar-refractivity contribution is -0.384. The number of hydrogen-bond acceptors (Lipinski definition) is 7. The number of amides is 2. The van der Waals surface area contributed by atoms with E-state index in [1.54, 1.807) is 42.2 Å². The predicted octanol–water partition coefficient (Wildman–Crippen LogP) is 4.68. The third kappa shape index (κ3) is 5.08. The number of carbonyl (C=O) groups is 2. The Labute approximate surface area is 224 Å². The normalized spacial score (nSPS) is 16.4. The third-order valence-corrected chi connectivity index (χ3v) is 7.76. The molecule has 0 bridgehead atoms. The van der Waals surface area contributed by atoms with Crippen molar-refractivity contribution in [3.63, 3.8) is 0 Å². The molecule has 0 N–H and O–H groups in total. The molecule has 0 spiro atoms. The van der Waals surface area contributed by atoms with Gasteiger partial charge in [0.1, 0.15) is 5.75 Å². The van der Waals surface area contributed by atoms with Crippen LogP contribution in [0.5, 0.6) is 5.75 Å². The van der Waals surface area contributed by atoms with Gasteiger partial charge in [-0.2, -0.15) is 0 Å². The summed E-state index contributed by atoms with van der Waals surface area (Å²) in [6.07, 6.45) is 1.85. The van der Waals surface area contributed by atoms with Crippen molar-refractivity contribution in [2.45, 2.75) is 4.90 Å². The van der Waals surface area contributed by atoms with Gasteiger partial charge in [-0.25, -0.2) is 0 Å². The zero-order chi connectivity index (χ0) is 26.8. The molecule has 38 heavy (non-hydrogen) atoms. The van der Waals surface area contributed by atoms with E-state index in [0.29, 0.717) is 42.3 Å². The Hall–Kier alpha value is -4.31. The molecule has 10 heteroatoms. The Balaban J connectivity index is 1.28. The van der Waals surface area contributed by atoms with Crippen molar-refractivity contribution in [1.82, 2.24) is 4.90 Å². The maximum atomic E-state index is 13.3. The minimum absolute atomic E-state index is 0.0551. The van der Waals surface area contributed by atoms with Crippen molar-refractivity contribution in [1.29, 1.82) is 0 Å². The van der Waals surface area contributed by atoms with E-state index < -0.39 is 4.92 Å². The number of thioether (sulfide) groups is 1. The molecule has 2 aliphatic rings. The van der Waals surface area contributed by atoms with Crippen molar-refractivity contribution in [3.05, 3.63) is 92.9 Å². The standard InChI is InChI=1S/C28H26N4O5S/c1-29-24-18-20(6-11-25(24)38-26(28(29)34)17-19-4-3-5-23(16-19)37-2)27(33)31-14-12-30(13-15-31)21-7-9-22(10-8-21)32(35)36/h3-11,16-18H,12-15H2,1-2H3/b26-17-. The number of carbonyl (C=O) groups excluding carboxylic acids is 2. The van der Waals surface area contributed by atoms with Crippen molar-refractivity contribution >= 4 is 46.7 Å². The minimum atomic E-state index is -0.416. The molecule has 2 aliphatic heterocycles. The summed E-state index contributed by atoms with van der Waals surface area (Å²) < 4.78 is 5.28. The number of likely N-dealkylation sites (N-methyl/N-ethyl adjacent to an activating group) is 1. The fourth-order valence-electron chi connectivity index (χ4n) is 4.54. The highest BCUT2D eigenvalue weighted by Gasteiger charge is 2.29. The molecule has 0 unspecified atom stereocenters. The molecule has 3 aromatic carbocycles. The molecule has 3 aromatic rings. The van der Waals surface area contributed by atoms with Gasteiger partial charge in [-0.15, -0.1) is 0 Å². The van der Waals surface area contributed by atoms with Gasteiger partial charge in [0.15, 0.2) is 0 Å². The molecule has 5 rings (SSSR count). The molecule has 9 nitrogen and oxygen atoms in total. The van der Waals surface area contributed by atoms with Gasteiger partial charge < -0.3 is 19.4 Å². The van der Waals surface area contributed by atoms with E-state index in [1.165, 1.54) is 23.9 Å². The average Bonchev–Trinajstić information content (AvgIpc) is 2.95. The zero-order valence-electron chi connectivity index (χ0n) is 21.0. The maximum Gasteiger partial charge on any atom is 0.269 e. The van der Waals surface area contributed by atoms with Crippen LogP contribution in [0.1, 0.15) is 15.9 Å². The number of fused-ring (bicyclic) bond motifs is 1. The van der Waals surface area contributed by atoms with E-state index in [0.717, 1.165) is 21.9 Å². The van der Waals surface area contributed by atoms with E-state index in [9.17, 15) is 19.7 Å². The van der Waals surface area contributed by atoms with Crippen LogP contribution in [0.25, 0.3) is 6.08 Å². The summed E-state index contributed by atoms with van der Waals surface area (Å²) >= 11 is 1.39. The van der Waals surface area contributed by atoms with Crippen molar-refractivity contribution < 1.29 is 19.2 Å². The topological polar surface area (TPSA) is 96.2 Å². The molecule has 0 radical (unpaired) electrons. The van der Waals surface area contributed by atoms with E-state index in [2.05, 4.69) is 4.90 Å². The fraction of sp³-hybridized carbons (Fsp3) is 0.214. The molecule has 194 valence electrons. The van der Waals surface area contributed by atoms with E-state index >= 15 is 0 Å². The highest BCUT2D eigenvalue weighted by molar-refractivity contribution is 8.04. The molecule has 0 aliphatic carbocycles. The van der Waals surface area contributed by atoms with Crippen LogP contribution in [-0.2, 0) is 4.79 Å².